The van der Waals surface area contributed by atoms with E-state index in [1.54, 1.807) is 18.2 Å². The van der Waals surface area contributed by atoms with E-state index >= 15 is 0 Å². The molecule has 0 unspecified atom stereocenters. The number of rotatable bonds is 6. The number of aliphatic hydroxyl groups is 1. The molecule has 3 N–H and O–H groups in total. The van der Waals surface area contributed by atoms with Gasteiger partial charge in [-0.3, -0.25) is 0 Å². The van der Waals surface area contributed by atoms with E-state index in [0.717, 1.165) is 6.08 Å². The number of aliphatic hydroxyl groups excluding tert-OH is 1. The average molecular weight is 264 g/mol. The molecule has 0 radical (unpaired) electrons. The molecule has 0 saturated carbocycles. The second-order valence-electron chi connectivity index (χ2n) is 3.75. The van der Waals surface area contributed by atoms with Gasteiger partial charge in [-0.25, -0.2) is 4.79 Å². The highest BCUT2D eigenvalue weighted by Crippen LogP contribution is 2.32. The second-order valence-corrected chi connectivity index (χ2v) is 3.75. The molecule has 0 aliphatic heterocycles. The molecule has 0 atom stereocenters. The summed E-state index contributed by atoms with van der Waals surface area (Å²) in [5.74, 6) is -0.815. The molecule has 0 fully saturated rings. The number of hydrogen-bond donors (Lipinski definition) is 3. The Hall–Kier alpha value is -2.27. The first-order valence-corrected chi connectivity index (χ1v) is 5.68. The molecule has 0 aliphatic carbocycles. The fourth-order valence-electron chi connectivity index (χ4n) is 1.48. The van der Waals surface area contributed by atoms with Gasteiger partial charge in [-0.2, -0.15) is 0 Å². The molecular weight excluding hydrogens is 248 g/mol. The van der Waals surface area contributed by atoms with Gasteiger partial charge in [0.15, 0.2) is 11.5 Å². The van der Waals surface area contributed by atoms with E-state index < -0.39 is 5.97 Å². The number of methoxy groups -OCH3 is 1. The second kappa shape index (κ2) is 7.23. The SMILES string of the molecule is COc1cc(C=CC(=O)O)cc(C=CCCO)c1O. The lowest BCUT2D eigenvalue weighted by Gasteiger charge is -2.08. The first-order chi connectivity index (χ1) is 9.08. The third-order valence-electron chi connectivity index (χ3n) is 2.36. The molecule has 5 heteroatoms. The first-order valence-electron chi connectivity index (χ1n) is 5.68. The van der Waals surface area contributed by atoms with Crippen LogP contribution in [0.2, 0.25) is 0 Å². The zero-order chi connectivity index (χ0) is 14.3. The zero-order valence-corrected chi connectivity index (χ0v) is 10.5. The van der Waals surface area contributed by atoms with Crippen molar-refractivity contribution in [2.24, 2.45) is 0 Å². The lowest BCUT2D eigenvalue weighted by Crippen LogP contribution is -1.90. The van der Waals surface area contributed by atoms with Gasteiger partial charge in [0.1, 0.15) is 0 Å². The zero-order valence-electron chi connectivity index (χ0n) is 10.5. The molecule has 0 heterocycles. The third kappa shape index (κ3) is 4.48. The van der Waals surface area contributed by atoms with Crippen molar-refractivity contribution in [3.63, 3.8) is 0 Å². The fraction of sp³-hybridized carbons (Fsp3) is 0.214. The fourth-order valence-corrected chi connectivity index (χ4v) is 1.48. The minimum atomic E-state index is -1.05. The minimum Gasteiger partial charge on any atom is -0.504 e. The molecule has 5 nitrogen and oxygen atoms in total. The van der Waals surface area contributed by atoms with Crippen LogP contribution < -0.4 is 4.74 Å². The summed E-state index contributed by atoms with van der Waals surface area (Å²) in [7, 11) is 1.42. The molecule has 1 aromatic rings. The van der Waals surface area contributed by atoms with E-state index in [1.807, 2.05) is 0 Å². The van der Waals surface area contributed by atoms with Gasteiger partial charge in [-0.1, -0.05) is 12.2 Å². The maximum Gasteiger partial charge on any atom is 0.328 e. The average Bonchev–Trinajstić information content (AvgIpc) is 2.39. The number of aromatic hydroxyl groups is 1. The van der Waals surface area contributed by atoms with Crippen molar-refractivity contribution >= 4 is 18.1 Å². The Morgan fingerprint density at radius 3 is 2.68 bits per heavy atom. The summed E-state index contributed by atoms with van der Waals surface area (Å²) in [4.78, 5) is 10.5. The van der Waals surface area contributed by atoms with Gasteiger partial charge in [-0.15, -0.1) is 0 Å². The van der Waals surface area contributed by atoms with Gasteiger partial charge in [0.25, 0.3) is 0 Å². The molecule has 0 aromatic heterocycles. The lowest BCUT2D eigenvalue weighted by atomic mass is 10.1. The van der Waals surface area contributed by atoms with Crippen LogP contribution in [-0.2, 0) is 4.79 Å². The van der Waals surface area contributed by atoms with E-state index in [4.69, 9.17) is 14.9 Å². The summed E-state index contributed by atoms with van der Waals surface area (Å²) in [5.41, 5.74) is 1.10. The molecule has 0 spiro atoms. The Bertz CT molecular complexity index is 503. The smallest absolute Gasteiger partial charge is 0.328 e. The highest BCUT2D eigenvalue weighted by Gasteiger charge is 2.07. The highest BCUT2D eigenvalue weighted by molar-refractivity contribution is 5.85. The Labute approximate surface area is 111 Å². The van der Waals surface area contributed by atoms with Crippen LogP contribution in [0.3, 0.4) is 0 Å². The Balaban J connectivity index is 3.14. The summed E-state index contributed by atoms with van der Waals surface area (Å²) in [5, 5.41) is 27.2. The van der Waals surface area contributed by atoms with E-state index in [-0.39, 0.29) is 18.1 Å². The van der Waals surface area contributed by atoms with E-state index in [0.29, 0.717) is 17.5 Å². The van der Waals surface area contributed by atoms with Gasteiger partial charge >= 0.3 is 5.97 Å². The quantitative estimate of drug-likeness (QED) is 0.683. The number of ether oxygens (including phenoxy) is 1. The third-order valence-corrected chi connectivity index (χ3v) is 2.36. The van der Waals surface area contributed by atoms with Crippen LogP contribution in [0, 0.1) is 0 Å². The molecule has 102 valence electrons. The summed E-state index contributed by atoms with van der Waals surface area (Å²) < 4.78 is 5.02. The molecule has 0 amide bonds. The van der Waals surface area contributed by atoms with Crippen molar-refractivity contribution in [2.45, 2.75) is 6.42 Å². The van der Waals surface area contributed by atoms with Gasteiger partial charge < -0.3 is 20.1 Å². The molecule has 19 heavy (non-hydrogen) atoms. The highest BCUT2D eigenvalue weighted by atomic mass is 16.5. The van der Waals surface area contributed by atoms with Crippen LogP contribution in [0.15, 0.2) is 24.3 Å². The van der Waals surface area contributed by atoms with Crippen molar-refractivity contribution < 1.29 is 24.9 Å². The number of hydrogen-bond acceptors (Lipinski definition) is 4. The van der Waals surface area contributed by atoms with Crippen LogP contribution in [0.4, 0.5) is 0 Å². The van der Waals surface area contributed by atoms with E-state index in [2.05, 4.69) is 0 Å². The van der Waals surface area contributed by atoms with E-state index in [9.17, 15) is 9.90 Å². The van der Waals surface area contributed by atoms with Crippen molar-refractivity contribution in [3.05, 3.63) is 35.4 Å². The molecule has 1 aromatic carbocycles. The van der Waals surface area contributed by atoms with Crippen molar-refractivity contribution in [1.29, 1.82) is 0 Å². The maximum atomic E-state index is 10.5. The number of phenols is 1. The van der Waals surface area contributed by atoms with Gasteiger partial charge in [0.05, 0.1) is 7.11 Å². The molecular formula is C14H16O5. The van der Waals surface area contributed by atoms with Crippen molar-refractivity contribution in [1.82, 2.24) is 0 Å². The number of carboxylic acid groups (broad SMARTS) is 1. The largest absolute Gasteiger partial charge is 0.504 e. The Kier molecular flexibility index (Phi) is 5.63. The number of carbonyl (C=O) groups is 1. The standard InChI is InChI=1S/C14H16O5/c1-19-12-9-10(5-6-13(16)17)8-11(14(12)18)4-2-3-7-15/h2,4-6,8-9,15,18H,3,7H2,1H3,(H,16,17). The van der Waals surface area contributed by atoms with Gasteiger partial charge in [0, 0.05) is 18.2 Å². The van der Waals surface area contributed by atoms with Crippen LogP contribution in [0.1, 0.15) is 17.5 Å². The van der Waals surface area contributed by atoms with Crippen LogP contribution >= 0.6 is 0 Å². The number of benzene rings is 1. The molecule has 0 saturated heterocycles. The molecule has 1 rings (SSSR count). The summed E-state index contributed by atoms with van der Waals surface area (Å²) in [6.45, 7) is 0.0208. The van der Waals surface area contributed by atoms with Crippen LogP contribution in [0.5, 0.6) is 11.5 Å². The van der Waals surface area contributed by atoms with Crippen molar-refractivity contribution in [2.75, 3.05) is 13.7 Å². The minimum absolute atomic E-state index is 0.0208. The summed E-state index contributed by atoms with van der Waals surface area (Å²) in [6.07, 6.45) is 6.24. The number of carboxylic acids is 1. The first kappa shape index (κ1) is 14.8. The Morgan fingerprint density at radius 2 is 2.11 bits per heavy atom. The summed E-state index contributed by atoms with van der Waals surface area (Å²) >= 11 is 0. The number of phenolic OH excluding ortho intramolecular Hbond substituents is 1. The van der Waals surface area contributed by atoms with Crippen LogP contribution in [0.25, 0.3) is 12.2 Å². The topological polar surface area (TPSA) is 87.0 Å². The van der Waals surface area contributed by atoms with Gasteiger partial charge in [0.2, 0.25) is 0 Å². The summed E-state index contributed by atoms with van der Waals surface area (Å²) in [6, 6.07) is 3.17. The van der Waals surface area contributed by atoms with Crippen molar-refractivity contribution in [3.8, 4) is 11.5 Å². The monoisotopic (exact) mass is 264 g/mol. The molecule has 0 bridgehead atoms. The number of aliphatic carboxylic acids is 1. The molecule has 0 aliphatic rings. The normalized spacial score (nSPS) is 11.3. The Morgan fingerprint density at radius 1 is 1.37 bits per heavy atom. The lowest BCUT2D eigenvalue weighted by molar-refractivity contribution is -0.131. The maximum absolute atomic E-state index is 10.5. The predicted octanol–water partition coefficient (Wildman–Crippen LogP) is 1.89. The van der Waals surface area contributed by atoms with Gasteiger partial charge in [-0.05, 0) is 30.2 Å². The van der Waals surface area contributed by atoms with E-state index in [1.165, 1.54) is 19.3 Å². The predicted molar refractivity (Wildman–Crippen MR) is 72.1 cm³/mol. The van der Waals surface area contributed by atoms with Crippen LogP contribution in [-0.4, -0.2) is 35.0 Å².